The van der Waals surface area contributed by atoms with Crippen molar-refractivity contribution in [1.29, 1.82) is 0 Å². The quantitative estimate of drug-likeness (QED) is 0.759. The van der Waals surface area contributed by atoms with Crippen LogP contribution in [0.1, 0.15) is 17.3 Å². The van der Waals surface area contributed by atoms with Crippen LogP contribution in [0, 0.1) is 0 Å². The number of esters is 1. The first-order valence-electron chi connectivity index (χ1n) is 5.79. The van der Waals surface area contributed by atoms with E-state index in [1.165, 1.54) is 39.2 Å². The van der Waals surface area contributed by atoms with Crippen LogP contribution in [0.3, 0.4) is 0 Å². The largest absolute Gasteiger partial charge is 0.449 e. The molecule has 0 spiro atoms. The number of primary amides is 1. The summed E-state index contributed by atoms with van der Waals surface area (Å²) in [4.78, 5) is 22.8. The number of halogens is 1. The van der Waals surface area contributed by atoms with Gasteiger partial charge in [0.1, 0.15) is 0 Å². The van der Waals surface area contributed by atoms with Crippen molar-refractivity contribution in [3.05, 3.63) is 28.2 Å². The number of amides is 1. The summed E-state index contributed by atoms with van der Waals surface area (Å²) in [5.41, 5.74) is 5.00. The number of sulfonamides is 1. The molecule has 0 unspecified atom stereocenters. The van der Waals surface area contributed by atoms with E-state index in [0.29, 0.717) is 4.47 Å². The van der Waals surface area contributed by atoms with E-state index in [4.69, 9.17) is 10.5 Å². The van der Waals surface area contributed by atoms with E-state index in [2.05, 4.69) is 15.9 Å². The van der Waals surface area contributed by atoms with Crippen molar-refractivity contribution in [1.82, 2.24) is 4.31 Å². The average molecular weight is 379 g/mol. The number of ether oxygens (including phenoxy) is 1. The van der Waals surface area contributed by atoms with Crippen molar-refractivity contribution in [2.75, 3.05) is 14.1 Å². The Labute approximate surface area is 131 Å². The Morgan fingerprint density at radius 2 is 1.90 bits per heavy atom. The Hall–Kier alpha value is -1.45. The van der Waals surface area contributed by atoms with E-state index in [1.54, 1.807) is 0 Å². The van der Waals surface area contributed by atoms with Crippen LogP contribution in [-0.2, 0) is 19.6 Å². The minimum Gasteiger partial charge on any atom is -0.449 e. The van der Waals surface area contributed by atoms with Gasteiger partial charge in [-0.15, -0.1) is 0 Å². The molecule has 0 aliphatic heterocycles. The van der Waals surface area contributed by atoms with Gasteiger partial charge in [0, 0.05) is 18.6 Å². The number of nitrogens with zero attached hydrogens (tertiary/aromatic N) is 1. The van der Waals surface area contributed by atoms with Gasteiger partial charge >= 0.3 is 5.97 Å². The van der Waals surface area contributed by atoms with Gasteiger partial charge in [-0.25, -0.2) is 17.5 Å². The molecule has 1 amide bonds. The van der Waals surface area contributed by atoms with Crippen molar-refractivity contribution < 1.29 is 22.7 Å². The lowest BCUT2D eigenvalue weighted by Gasteiger charge is -2.14. The van der Waals surface area contributed by atoms with Crippen LogP contribution in [0.25, 0.3) is 0 Å². The molecular weight excluding hydrogens is 364 g/mol. The van der Waals surface area contributed by atoms with Crippen LogP contribution in [0.4, 0.5) is 0 Å². The van der Waals surface area contributed by atoms with E-state index < -0.39 is 28.0 Å². The summed E-state index contributed by atoms with van der Waals surface area (Å²) < 4.78 is 30.3. The highest BCUT2D eigenvalue weighted by Crippen LogP contribution is 2.23. The van der Waals surface area contributed by atoms with E-state index in [0.717, 1.165) is 4.31 Å². The lowest BCUT2D eigenvalue weighted by molar-refractivity contribution is -0.125. The van der Waals surface area contributed by atoms with Gasteiger partial charge in [-0.2, -0.15) is 0 Å². The Bertz CT molecular complexity index is 672. The number of rotatable bonds is 5. The summed E-state index contributed by atoms with van der Waals surface area (Å²) >= 11 is 3.14. The van der Waals surface area contributed by atoms with Gasteiger partial charge in [-0.05, 0) is 41.1 Å². The molecule has 1 rings (SSSR count). The molecule has 0 heterocycles. The molecule has 0 fully saturated rings. The topological polar surface area (TPSA) is 107 Å². The second kappa shape index (κ2) is 6.54. The van der Waals surface area contributed by atoms with Crippen molar-refractivity contribution in [3.8, 4) is 0 Å². The molecule has 0 radical (unpaired) electrons. The highest BCUT2D eigenvalue weighted by atomic mass is 79.9. The molecule has 0 aromatic heterocycles. The Morgan fingerprint density at radius 1 is 1.33 bits per heavy atom. The third-order valence-electron chi connectivity index (χ3n) is 2.62. The standard InChI is InChI=1S/C12H15BrN2O5S/c1-7(11(14)16)20-12(17)9-6-8(4-5-10(9)13)21(18,19)15(2)3/h4-7H,1-3H3,(H2,14,16)/t7-/m1/s1. The molecule has 1 atom stereocenters. The number of benzene rings is 1. The lowest BCUT2D eigenvalue weighted by atomic mass is 10.2. The maximum atomic E-state index is 12.0. The van der Waals surface area contributed by atoms with Gasteiger partial charge in [0.05, 0.1) is 10.5 Å². The van der Waals surface area contributed by atoms with Gasteiger partial charge in [-0.1, -0.05) is 0 Å². The van der Waals surface area contributed by atoms with Gasteiger partial charge in [-0.3, -0.25) is 4.79 Å². The molecular formula is C12H15BrN2O5S. The van der Waals surface area contributed by atoms with Crippen molar-refractivity contribution in [2.45, 2.75) is 17.9 Å². The SMILES string of the molecule is C[C@@H](OC(=O)c1cc(S(=O)(=O)N(C)C)ccc1Br)C(N)=O. The second-order valence-electron chi connectivity index (χ2n) is 4.38. The normalized spacial score (nSPS) is 13.0. The predicted molar refractivity (Wildman–Crippen MR) is 79.1 cm³/mol. The molecule has 0 aliphatic carbocycles. The highest BCUT2D eigenvalue weighted by molar-refractivity contribution is 9.10. The van der Waals surface area contributed by atoms with Gasteiger partial charge in [0.15, 0.2) is 6.10 Å². The second-order valence-corrected chi connectivity index (χ2v) is 7.39. The monoisotopic (exact) mass is 378 g/mol. The first kappa shape index (κ1) is 17.6. The average Bonchev–Trinajstić information content (AvgIpc) is 2.38. The molecule has 0 bridgehead atoms. The summed E-state index contributed by atoms with van der Waals surface area (Å²) in [5, 5.41) is 0. The highest BCUT2D eigenvalue weighted by Gasteiger charge is 2.23. The van der Waals surface area contributed by atoms with Gasteiger partial charge < -0.3 is 10.5 Å². The fraction of sp³-hybridized carbons (Fsp3) is 0.333. The number of hydrogen-bond donors (Lipinski definition) is 1. The molecule has 21 heavy (non-hydrogen) atoms. The van der Waals surface area contributed by atoms with E-state index in [9.17, 15) is 18.0 Å². The fourth-order valence-corrected chi connectivity index (χ4v) is 2.65. The summed E-state index contributed by atoms with van der Waals surface area (Å²) in [6.45, 7) is 1.33. The molecule has 1 aromatic carbocycles. The summed E-state index contributed by atoms with van der Waals surface area (Å²) in [5.74, 6) is -1.64. The molecule has 9 heteroatoms. The van der Waals surface area contributed by atoms with Crippen LogP contribution < -0.4 is 5.73 Å². The maximum Gasteiger partial charge on any atom is 0.340 e. The smallest absolute Gasteiger partial charge is 0.340 e. The summed E-state index contributed by atoms with van der Waals surface area (Å²) in [7, 11) is -0.922. The molecule has 0 saturated heterocycles. The molecule has 0 aliphatic rings. The molecule has 1 aromatic rings. The first-order chi connectivity index (χ1) is 9.57. The Morgan fingerprint density at radius 3 is 2.38 bits per heavy atom. The number of nitrogens with two attached hydrogens (primary N) is 1. The molecule has 116 valence electrons. The Balaban J connectivity index is 3.20. The summed E-state index contributed by atoms with van der Waals surface area (Å²) in [6, 6.07) is 3.95. The van der Waals surface area contributed by atoms with Crippen molar-refractivity contribution in [2.24, 2.45) is 5.73 Å². The number of hydrogen-bond acceptors (Lipinski definition) is 5. The maximum absolute atomic E-state index is 12.0. The summed E-state index contributed by atoms with van der Waals surface area (Å²) in [6.07, 6.45) is -1.11. The van der Waals surface area contributed by atoms with Crippen LogP contribution >= 0.6 is 15.9 Å². The van der Waals surface area contributed by atoms with Crippen LogP contribution in [0.15, 0.2) is 27.6 Å². The molecule has 7 nitrogen and oxygen atoms in total. The number of carbonyl (C=O) groups is 2. The number of carbonyl (C=O) groups excluding carboxylic acids is 2. The zero-order valence-corrected chi connectivity index (χ0v) is 14.1. The third kappa shape index (κ3) is 4.02. The third-order valence-corrected chi connectivity index (χ3v) is 5.12. The van der Waals surface area contributed by atoms with E-state index >= 15 is 0 Å². The van der Waals surface area contributed by atoms with Crippen LogP contribution in [-0.4, -0.2) is 44.8 Å². The fourth-order valence-electron chi connectivity index (χ4n) is 1.31. The first-order valence-corrected chi connectivity index (χ1v) is 8.03. The molecule has 2 N–H and O–H groups in total. The van der Waals surface area contributed by atoms with Crippen LogP contribution in [0.2, 0.25) is 0 Å². The minimum absolute atomic E-state index is 0.00831. The van der Waals surface area contributed by atoms with Crippen molar-refractivity contribution >= 4 is 37.8 Å². The lowest BCUT2D eigenvalue weighted by Crippen LogP contribution is -2.30. The zero-order valence-electron chi connectivity index (χ0n) is 11.7. The van der Waals surface area contributed by atoms with Gasteiger partial charge in [0.25, 0.3) is 5.91 Å². The van der Waals surface area contributed by atoms with E-state index in [-0.39, 0.29) is 10.5 Å². The van der Waals surface area contributed by atoms with Crippen molar-refractivity contribution in [3.63, 3.8) is 0 Å². The van der Waals surface area contributed by atoms with E-state index in [1.807, 2.05) is 0 Å². The molecule has 0 saturated carbocycles. The predicted octanol–water partition coefficient (Wildman–Crippen LogP) is 0.730. The van der Waals surface area contributed by atoms with Crippen LogP contribution in [0.5, 0.6) is 0 Å². The zero-order chi connectivity index (χ0) is 16.4. The Kier molecular flexibility index (Phi) is 5.48. The van der Waals surface area contributed by atoms with Gasteiger partial charge in [0.2, 0.25) is 10.0 Å². The minimum atomic E-state index is -3.68.